The summed E-state index contributed by atoms with van der Waals surface area (Å²) in [5.41, 5.74) is 4.87. The van der Waals surface area contributed by atoms with E-state index in [1.165, 1.54) is 11.1 Å². The van der Waals surface area contributed by atoms with E-state index in [2.05, 4.69) is 58.7 Å². The molecule has 0 amide bonds. The normalized spacial score (nSPS) is 17.4. The largest absolute Gasteiger partial charge is 0.324 e. The summed E-state index contributed by atoms with van der Waals surface area (Å²) < 4.78 is 3.51. The highest BCUT2D eigenvalue weighted by Gasteiger charge is 2.46. The number of benzene rings is 1. The van der Waals surface area contributed by atoms with E-state index in [4.69, 9.17) is 4.98 Å². The summed E-state index contributed by atoms with van der Waals surface area (Å²) in [5, 5.41) is 16.9. The van der Waals surface area contributed by atoms with E-state index in [0.717, 1.165) is 43.0 Å². The van der Waals surface area contributed by atoms with Crippen molar-refractivity contribution in [2.24, 2.45) is 0 Å². The van der Waals surface area contributed by atoms with E-state index >= 15 is 0 Å². The molecular formula is C28H30N8O. The van der Waals surface area contributed by atoms with Gasteiger partial charge in [-0.15, -0.1) is 0 Å². The molecule has 6 rings (SSSR count). The van der Waals surface area contributed by atoms with Gasteiger partial charge in [0.1, 0.15) is 5.39 Å². The maximum Gasteiger partial charge on any atom is 0.278 e. The molecular weight excluding hydrogens is 464 g/mol. The van der Waals surface area contributed by atoms with Gasteiger partial charge in [-0.05, 0) is 62.1 Å². The number of aromatic nitrogens is 5. The molecule has 1 saturated carbocycles. The molecule has 1 aromatic carbocycles. The molecule has 3 aromatic heterocycles. The third-order valence-electron chi connectivity index (χ3n) is 7.53. The second-order valence-electron chi connectivity index (χ2n) is 11.1. The molecule has 2 aliphatic rings. The fraction of sp³-hybridized carbons (Fsp3) is 0.393. The Morgan fingerprint density at radius 3 is 2.70 bits per heavy atom. The maximum atomic E-state index is 13.4. The topological polar surface area (TPSA) is 113 Å². The predicted molar refractivity (Wildman–Crippen MR) is 142 cm³/mol. The Morgan fingerprint density at radius 2 is 1.97 bits per heavy atom. The smallest absolute Gasteiger partial charge is 0.278 e. The van der Waals surface area contributed by atoms with Crippen molar-refractivity contribution in [1.29, 1.82) is 5.26 Å². The Labute approximate surface area is 215 Å². The lowest BCUT2D eigenvalue weighted by molar-refractivity contribution is 0.435. The lowest BCUT2D eigenvalue weighted by atomic mass is 9.79. The molecule has 9 heteroatoms. The maximum absolute atomic E-state index is 13.4. The summed E-state index contributed by atoms with van der Waals surface area (Å²) in [4.78, 5) is 27.1. The van der Waals surface area contributed by atoms with Crippen molar-refractivity contribution in [2.45, 2.75) is 64.0 Å². The van der Waals surface area contributed by atoms with Gasteiger partial charge in [-0.3, -0.25) is 9.78 Å². The molecule has 0 atom stereocenters. The van der Waals surface area contributed by atoms with Gasteiger partial charge in [0.25, 0.3) is 5.56 Å². The molecule has 2 N–H and O–H groups in total. The lowest BCUT2D eigenvalue weighted by Gasteiger charge is -2.33. The average molecular weight is 495 g/mol. The Hall–Kier alpha value is -4.03. The Morgan fingerprint density at radius 1 is 1.16 bits per heavy atom. The van der Waals surface area contributed by atoms with Crippen LogP contribution >= 0.6 is 0 Å². The predicted octanol–water partition coefficient (Wildman–Crippen LogP) is 4.24. The van der Waals surface area contributed by atoms with E-state index in [0.29, 0.717) is 17.0 Å². The van der Waals surface area contributed by atoms with E-state index in [9.17, 15) is 10.1 Å². The molecule has 9 nitrogen and oxygen atoms in total. The minimum Gasteiger partial charge on any atom is -0.324 e. The monoisotopic (exact) mass is 494 g/mol. The van der Waals surface area contributed by atoms with Crippen LogP contribution in [0.25, 0.3) is 16.7 Å². The quantitative estimate of drug-likeness (QED) is 0.427. The second kappa shape index (κ2) is 8.25. The molecule has 0 radical (unpaired) electrons. The zero-order valence-corrected chi connectivity index (χ0v) is 21.5. The average Bonchev–Trinajstić information content (AvgIpc) is 3.62. The van der Waals surface area contributed by atoms with Crippen LogP contribution in [0.1, 0.15) is 63.4 Å². The van der Waals surface area contributed by atoms with E-state index in [1.54, 1.807) is 17.1 Å². The highest BCUT2D eigenvalue weighted by Crippen LogP contribution is 2.47. The fourth-order valence-electron chi connectivity index (χ4n) is 5.35. The second-order valence-corrected chi connectivity index (χ2v) is 11.1. The number of nitriles is 1. The van der Waals surface area contributed by atoms with Crippen molar-refractivity contribution in [3.05, 3.63) is 69.9 Å². The Bertz CT molecular complexity index is 1630. The van der Waals surface area contributed by atoms with Crippen molar-refractivity contribution < 1.29 is 0 Å². The first kappa shape index (κ1) is 23.4. The van der Waals surface area contributed by atoms with Gasteiger partial charge in [0.2, 0.25) is 5.95 Å². The summed E-state index contributed by atoms with van der Waals surface area (Å²) in [6, 6.07) is 12.4. The van der Waals surface area contributed by atoms with Gasteiger partial charge in [0.15, 0.2) is 5.65 Å². The van der Waals surface area contributed by atoms with Crippen LogP contribution in [0.5, 0.6) is 0 Å². The SMILES string of the molecule is CC(C)n1c(=O)c2cnc(Nc3ccc4c(c3)CNCC4(C)C)nc2n1-c1ccnc(C2(C#N)CC2)c1. The highest BCUT2D eigenvalue weighted by molar-refractivity contribution is 5.77. The summed E-state index contributed by atoms with van der Waals surface area (Å²) in [5.74, 6) is 0.412. The van der Waals surface area contributed by atoms with Crippen molar-refractivity contribution in [3.63, 3.8) is 0 Å². The molecule has 1 aliphatic heterocycles. The molecule has 0 saturated heterocycles. The molecule has 1 aliphatic carbocycles. The minimum atomic E-state index is -0.528. The lowest BCUT2D eigenvalue weighted by Crippen LogP contribution is -2.38. The standard InChI is InChI=1S/C28H30N8O/c1-17(2)35-25(37)21-14-32-26(33-19-5-6-22-18(11-19)13-30-16-27(22,3)4)34-24(21)36(35)20-7-10-31-23(12-20)28(15-29)8-9-28/h5-7,10-12,14,17,30H,8-9,13,16H2,1-4H3,(H,32,33,34). The first-order valence-electron chi connectivity index (χ1n) is 12.7. The van der Waals surface area contributed by atoms with Crippen molar-refractivity contribution >= 4 is 22.7 Å². The van der Waals surface area contributed by atoms with Crippen molar-refractivity contribution in [3.8, 4) is 11.8 Å². The van der Waals surface area contributed by atoms with Gasteiger partial charge in [0, 0.05) is 42.6 Å². The third kappa shape index (κ3) is 3.80. The van der Waals surface area contributed by atoms with Crippen LogP contribution in [0.3, 0.4) is 0 Å². The number of nitrogens with one attached hydrogen (secondary N) is 2. The first-order chi connectivity index (χ1) is 17.7. The van der Waals surface area contributed by atoms with Crippen LogP contribution in [-0.2, 0) is 17.4 Å². The number of anilines is 2. The van der Waals surface area contributed by atoms with Crippen LogP contribution in [0.2, 0.25) is 0 Å². The van der Waals surface area contributed by atoms with E-state index in [1.807, 2.05) is 30.7 Å². The molecule has 37 heavy (non-hydrogen) atoms. The summed E-state index contributed by atoms with van der Waals surface area (Å²) >= 11 is 0. The van der Waals surface area contributed by atoms with Crippen LogP contribution < -0.4 is 16.2 Å². The van der Waals surface area contributed by atoms with E-state index in [-0.39, 0.29) is 17.0 Å². The van der Waals surface area contributed by atoms with E-state index < -0.39 is 5.41 Å². The zero-order chi connectivity index (χ0) is 25.9. The van der Waals surface area contributed by atoms with Crippen LogP contribution in [0, 0.1) is 11.3 Å². The summed E-state index contributed by atoms with van der Waals surface area (Å²) in [6.45, 7) is 10.2. The van der Waals surface area contributed by atoms with Crippen LogP contribution in [-0.4, -0.2) is 30.9 Å². The molecule has 188 valence electrons. The van der Waals surface area contributed by atoms with Crippen LogP contribution in [0.4, 0.5) is 11.6 Å². The number of rotatable bonds is 5. The van der Waals surface area contributed by atoms with Gasteiger partial charge in [-0.1, -0.05) is 19.9 Å². The fourth-order valence-corrected chi connectivity index (χ4v) is 5.35. The third-order valence-corrected chi connectivity index (χ3v) is 7.53. The summed E-state index contributed by atoms with van der Waals surface area (Å²) in [7, 11) is 0. The number of nitrogens with zero attached hydrogens (tertiary/aromatic N) is 6. The molecule has 0 unspecified atom stereocenters. The number of fused-ring (bicyclic) bond motifs is 2. The molecule has 4 aromatic rings. The first-order valence-corrected chi connectivity index (χ1v) is 12.7. The minimum absolute atomic E-state index is 0.0747. The molecule has 0 bridgehead atoms. The highest BCUT2D eigenvalue weighted by atomic mass is 16.1. The molecule has 1 fully saturated rings. The van der Waals surface area contributed by atoms with Gasteiger partial charge in [-0.2, -0.15) is 10.2 Å². The summed E-state index contributed by atoms with van der Waals surface area (Å²) in [6.07, 6.45) is 4.89. The number of hydrogen-bond donors (Lipinski definition) is 2. The van der Waals surface area contributed by atoms with Gasteiger partial charge >= 0.3 is 0 Å². The van der Waals surface area contributed by atoms with Gasteiger partial charge in [0.05, 0.1) is 22.9 Å². The number of hydrogen-bond acceptors (Lipinski definition) is 7. The van der Waals surface area contributed by atoms with Crippen molar-refractivity contribution in [1.82, 2.24) is 29.6 Å². The molecule has 0 spiro atoms. The van der Waals surface area contributed by atoms with Crippen LogP contribution in [0.15, 0.2) is 47.5 Å². The Kier molecular flexibility index (Phi) is 5.21. The Balaban J connectivity index is 1.45. The van der Waals surface area contributed by atoms with Crippen molar-refractivity contribution in [2.75, 3.05) is 11.9 Å². The van der Waals surface area contributed by atoms with Gasteiger partial charge in [-0.25, -0.2) is 14.3 Å². The van der Waals surface area contributed by atoms with Gasteiger partial charge < -0.3 is 10.6 Å². The zero-order valence-electron chi connectivity index (χ0n) is 21.5. The number of pyridine rings is 1. The molecule has 4 heterocycles.